The molecule has 3 aromatic rings. The van der Waals surface area contributed by atoms with Gasteiger partial charge >= 0.3 is 0 Å². The molecule has 6 heteroatoms. The quantitative estimate of drug-likeness (QED) is 0.467. The van der Waals surface area contributed by atoms with Crippen LogP contribution in [0.2, 0.25) is 0 Å². The van der Waals surface area contributed by atoms with Crippen molar-refractivity contribution in [1.29, 1.82) is 0 Å². The van der Waals surface area contributed by atoms with Crippen LogP contribution in [0, 0.1) is 0 Å². The summed E-state index contributed by atoms with van der Waals surface area (Å²) in [5, 5.41) is 12.2. The van der Waals surface area contributed by atoms with Crippen molar-refractivity contribution in [3.63, 3.8) is 0 Å². The monoisotopic (exact) mass is 518 g/mol. The maximum atomic E-state index is 4.25. The molecule has 0 saturated carbocycles. The van der Waals surface area contributed by atoms with Crippen LogP contribution in [0.25, 0.3) is 0 Å². The van der Waals surface area contributed by atoms with Crippen LogP contribution < -0.4 is 16.0 Å². The van der Waals surface area contributed by atoms with Crippen molar-refractivity contribution in [3.8, 4) is 0 Å². The lowest BCUT2D eigenvalue weighted by Gasteiger charge is -2.48. The van der Waals surface area contributed by atoms with E-state index in [-0.39, 0.29) is 28.6 Å². The number of hydrogen-bond donors (Lipinski definition) is 3. The minimum absolute atomic E-state index is 0.00961. The summed E-state index contributed by atoms with van der Waals surface area (Å²) >= 11 is 0. The van der Waals surface area contributed by atoms with Crippen molar-refractivity contribution < 1.29 is 0 Å². The molecule has 200 valence electrons. The Morgan fingerprint density at radius 1 is 0.538 bits per heavy atom. The number of nitrogens with one attached hydrogen (secondary N) is 3. The van der Waals surface area contributed by atoms with Gasteiger partial charge in [-0.3, -0.25) is 14.7 Å². The summed E-state index contributed by atoms with van der Waals surface area (Å²) in [6.07, 6.45) is 4.32. The van der Waals surface area contributed by atoms with E-state index in [0.29, 0.717) is 6.17 Å². The summed E-state index contributed by atoms with van der Waals surface area (Å²) in [5.74, 6) is 0. The Bertz CT molecular complexity index is 1520. The molecule has 0 radical (unpaired) electrons. The molecule has 0 bridgehead atoms. The minimum atomic E-state index is -0.0581. The minimum Gasteiger partial charge on any atom is -0.369 e. The maximum Gasteiger partial charge on any atom is 0.0933 e. The fraction of sp³-hybridized carbons (Fsp3) is 0.455. The lowest BCUT2D eigenvalue weighted by atomic mass is 9.54. The van der Waals surface area contributed by atoms with E-state index in [1.54, 1.807) is 5.56 Å². The zero-order valence-corrected chi connectivity index (χ0v) is 23.2. The molecule has 0 amide bonds. The van der Waals surface area contributed by atoms with Gasteiger partial charge in [-0.2, -0.15) is 0 Å². The van der Waals surface area contributed by atoms with E-state index in [1.807, 2.05) is 0 Å². The smallest absolute Gasteiger partial charge is 0.0933 e. The molecular formula is C33H38N6. The van der Waals surface area contributed by atoms with Gasteiger partial charge in [0.15, 0.2) is 0 Å². The summed E-state index contributed by atoms with van der Waals surface area (Å²) in [6.45, 7) is 3.33. The second-order valence-corrected chi connectivity index (χ2v) is 13.1. The molecule has 2 unspecified atom stereocenters. The Morgan fingerprint density at radius 2 is 1.05 bits per heavy atom. The zero-order chi connectivity index (χ0) is 26.1. The van der Waals surface area contributed by atoms with Crippen molar-refractivity contribution >= 4 is 17.1 Å². The SMILES string of the molecule is CN1CCC2(C34CCN(C)[C@@H]3Nc3c4cccc3[C@]34CCN(C)[C@H]3Nc3ccccc34)c3ccccc3N[C@H]12. The molecule has 39 heavy (non-hydrogen) atoms. The number of likely N-dealkylation sites (N-methyl/N-ethyl adjacent to an activating group) is 3. The highest BCUT2D eigenvalue weighted by atomic mass is 15.4. The molecule has 6 atom stereocenters. The van der Waals surface area contributed by atoms with Gasteiger partial charge in [0.1, 0.15) is 0 Å². The number of benzene rings is 3. The van der Waals surface area contributed by atoms with Crippen LogP contribution in [0.5, 0.6) is 0 Å². The number of para-hydroxylation sites is 3. The highest BCUT2D eigenvalue weighted by Gasteiger charge is 2.71. The predicted molar refractivity (Wildman–Crippen MR) is 157 cm³/mol. The Labute approximate surface area is 231 Å². The van der Waals surface area contributed by atoms with Crippen LogP contribution in [0.1, 0.15) is 41.5 Å². The molecule has 9 rings (SSSR count). The molecule has 0 spiro atoms. The van der Waals surface area contributed by atoms with Gasteiger partial charge in [0.25, 0.3) is 0 Å². The molecular weight excluding hydrogens is 480 g/mol. The van der Waals surface area contributed by atoms with Crippen molar-refractivity contribution in [2.75, 3.05) is 56.7 Å². The van der Waals surface area contributed by atoms with Crippen LogP contribution in [0.4, 0.5) is 17.1 Å². The van der Waals surface area contributed by atoms with E-state index >= 15 is 0 Å². The Hall–Kier alpha value is -3.06. The zero-order valence-electron chi connectivity index (χ0n) is 23.2. The van der Waals surface area contributed by atoms with Crippen LogP contribution in [-0.4, -0.2) is 74.0 Å². The first-order chi connectivity index (χ1) is 19.0. The third-order valence-corrected chi connectivity index (χ3v) is 11.8. The average molecular weight is 519 g/mol. The van der Waals surface area contributed by atoms with Crippen molar-refractivity contribution in [3.05, 3.63) is 89.0 Å². The van der Waals surface area contributed by atoms with Gasteiger partial charge in [0.2, 0.25) is 0 Å². The van der Waals surface area contributed by atoms with Crippen LogP contribution >= 0.6 is 0 Å². The molecule has 6 aliphatic rings. The largest absolute Gasteiger partial charge is 0.369 e. The third kappa shape index (κ3) is 2.39. The highest BCUT2D eigenvalue weighted by Crippen LogP contribution is 2.67. The number of likely N-dealkylation sites (tertiary alicyclic amines) is 3. The summed E-state index contributed by atoms with van der Waals surface area (Å²) < 4.78 is 0. The van der Waals surface area contributed by atoms with Gasteiger partial charge in [-0.15, -0.1) is 0 Å². The highest BCUT2D eigenvalue weighted by molar-refractivity contribution is 5.78. The van der Waals surface area contributed by atoms with E-state index in [4.69, 9.17) is 0 Å². The molecule has 0 aromatic heterocycles. The molecule has 0 aliphatic carbocycles. The number of fused-ring (bicyclic) bond motifs is 10. The first-order valence-corrected chi connectivity index (χ1v) is 14.8. The number of nitrogens with zero attached hydrogens (tertiary/aromatic N) is 3. The lowest BCUT2D eigenvalue weighted by Crippen LogP contribution is -2.60. The topological polar surface area (TPSA) is 45.8 Å². The summed E-state index contributed by atoms with van der Waals surface area (Å²) in [7, 11) is 6.93. The van der Waals surface area contributed by atoms with E-state index in [2.05, 4.69) is 119 Å². The number of anilines is 3. The van der Waals surface area contributed by atoms with Gasteiger partial charge in [-0.05, 0) is 74.8 Å². The van der Waals surface area contributed by atoms with E-state index in [9.17, 15) is 0 Å². The predicted octanol–water partition coefficient (Wildman–Crippen LogP) is 4.41. The van der Waals surface area contributed by atoms with Crippen molar-refractivity contribution in [2.45, 2.75) is 54.0 Å². The summed E-state index contributed by atoms with van der Waals surface area (Å²) in [5.41, 5.74) is 9.96. The Kier molecular flexibility index (Phi) is 4.29. The van der Waals surface area contributed by atoms with E-state index in [0.717, 1.165) is 26.1 Å². The fourth-order valence-electron chi connectivity index (χ4n) is 10.3. The summed E-state index contributed by atoms with van der Waals surface area (Å²) in [6, 6.07) is 25.5. The Morgan fingerprint density at radius 3 is 1.82 bits per heavy atom. The normalized spacial score (nSPS) is 37.9. The van der Waals surface area contributed by atoms with Gasteiger partial charge in [-0.25, -0.2) is 0 Å². The van der Waals surface area contributed by atoms with Crippen LogP contribution in [0.3, 0.4) is 0 Å². The second kappa shape index (κ2) is 7.36. The fourth-order valence-corrected chi connectivity index (χ4v) is 10.3. The standard InChI is InChI=1S/C33H38N6/c1-37-18-15-31(21-9-4-6-13-25(21)34-28(31)37)23-11-8-12-24-27(23)36-30-33(24,17-20-39(30)3)32-16-19-38(2)29(32)35-26-14-7-5-10-22(26)32/h4-14,28-30,34-36H,15-20H2,1-3H3/t28-,29-,30+,31-,32?,33?/m1/s1. The van der Waals surface area contributed by atoms with Crippen LogP contribution in [-0.2, 0) is 16.2 Å². The van der Waals surface area contributed by atoms with Gasteiger partial charge in [0.05, 0.1) is 23.9 Å². The number of rotatable bonds is 2. The molecule has 3 N–H and O–H groups in total. The maximum absolute atomic E-state index is 4.25. The third-order valence-electron chi connectivity index (χ3n) is 11.8. The van der Waals surface area contributed by atoms with E-state index in [1.165, 1.54) is 46.6 Å². The van der Waals surface area contributed by atoms with E-state index < -0.39 is 0 Å². The second-order valence-electron chi connectivity index (χ2n) is 13.1. The molecule has 6 aliphatic heterocycles. The summed E-state index contributed by atoms with van der Waals surface area (Å²) in [4.78, 5) is 7.70. The van der Waals surface area contributed by atoms with Gasteiger partial charge in [0, 0.05) is 47.5 Å². The van der Waals surface area contributed by atoms with Crippen LogP contribution in [0.15, 0.2) is 66.7 Å². The van der Waals surface area contributed by atoms with Gasteiger partial charge in [-0.1, -0.05) is 54.6 Å². The van der Waals surface area contributed by atoms with Crippen molar-refractivity contribution in [2.24, 2.45) is 0 Å². The molecule has 6 heterocycles. The molecule has 6 nitrogen and oxygen atoms in total. The first kappa shape index (κ1) is 22.7. The molecule has 3 saturated heterocycles. The average Bonchev–Trinajstić information content (AvgIpc) is 3.76. The van der Waals surface area contributed by atoms with Gasteiger partial charge < -0.3 is 16.0 Å². The lowest BCUT2D eigenvalue weighted by molar-refractivity contribution is 0.147. The van der Waals surface area contributed by atoms with Crippen molar-refractivity contribution in [1.82, 2.24) is 14.7 Å². The molecule has 3 aromatic carbocycles. The number of hydrogen-bond acceptors (Lipinski definition) is 6. The molecule has 3 fully saturated rings. The first-order valence-electron chi connectivity index (χ1n) is 14.8. The Balaban J connectivity index is 1.31.